The van der Waals surface area contributed by atoms with E-state index in [0.717, 1.165) is 6.42 Å². The average Bonchev–Trinajstić information content (AvgIpc) is 3.15. The van der Waals surface area contributed by atoms with E-state index in [2.05, 4.69) is 0 Å². The molecule has 28 heavy (non-hydrogen) atoms. The van der Waals surface area contributed by atoms with Crippen LogP contribution in [-0.2, 0) is 34.7 Å². The van der Waals surface area contributed by atoms with Crippen molar-refractivity contribution in [3.05, 3.63) is 9.93 Å². The second kappa shape index (κ2) is 8.76. The van der Waals surface area contributed by atoms with Crippen LogP contribution in [0.4, 0.5) is 0 Å². The molecule has 5 atom stereocenters. The van der Waals surface area contributed by atoms with Gasteiger partial charge in [0.2, 0.25) is 12.7 Å². The Kier molecular flexibility index (Phi) is 6.78. The first kappa shape index (κ1) is 21.7. The SMILES string of the molecule is CC(C)C(=O)OCOC(=O)C1=C(SC2CCS(=O)C2)S[C@@H]2[C@@H]([C@@H](C)O)C(=O)N12. The molecule has 0 aromatic rings. The molecule has 1 N–H and O–H groups in total. The van der Waals surface area contributed by atoms with E-state index >= 15 is 0 Å². The lowest BCUT2D eigenvalue weighted by Crippen LogP contribution is -2.60. The zero-order valence-corrected chi connectivity index (χ0v) is 18.2. The van der Waals surface area contributed by atoms with Gasteiger partial charge >= 0.3 is 11.9 Å². The minimum atomic E-state index is -0.860. The molecule has 11 heteroatoms. The lowest BCUT2D eigenvalue weighted by molar-refractivity contribution is -0.171. The number of aliphatic hydroxyl groups excluding tert-OH is 1. The number of fused-ring (bicyclic) bond motifs is 1. The van der Waals surface area contributed by atoms with E-state index in [1.165, 1.54) is 28.4 Å². The van der Waals surface area contributed by atoms with Crippen LogP contribution < -0.4 is 0 Å². The van der Waals surface area contributed by atoms with E-state index in [-0.39, 0.29) is 28.1 Å². The summed E-state index contributed by atoms with van der Waals surface area (Å²) < 4.78 is 22.3. The van der Waals surface area contributed by atoms with Crippen molar-refractivity contribution in [2.24, 2.45) is 11.8 Å². The first-order valence-electron chi connectivity index (χ1n) is 8.98. The van der Waals surface area contributed by atoms with Gasteiger partial charge in [-0.1, -0.05) is 25.6 Å². The van der Waals surface area contributed by atoms with Gasteiger partial charge in [0.05, 0.1) is 22.2 Å². The third kappa shape index (κ3) is 4.27. The minimum absolute atomic E-state index is 0.101. The number of rotatable bonds is 7. The monoisotopic (exact) mass is 449 g/mol. The average molecular weight is 450 g/mol. The summed E-state index contributed by atoms with van der Waals surface area (Å²) in [5.41, 5.74) is 0.125. The fourth-order valence-electron chi connectivity index (χ4n) is 3.08. The summed E-state index contributed by atoms with van der Waals surface area (Å²) in [6.07, 6.45) is -0.0532. The normalized spacial score (nSPS) is 30.3. The number of ether oxygens (including phenoxy) is 2. The summed E-state index contributed by atoms with van der Waals surface area (Å²) in [5, 5.41) is 9.62. The predicted molar refractivity (Wildman–Crippen MR) is 106 cm³/mol. The van der Waals surface area contributed by atoms with Crippen molar-refractivity contribution < 1.29 is 33.2 Å². The van der Waals surface area contributed by atoms with Crippen LogP contribution >= 0.6 is 23.5 Å². The van der Waals surface area contributed by atoms with Gasteiger partial charge in [-0.3, -0.25) is 18.7 Å². The molecule has 2 fully saturated rings. The van der Waals surface area contributed by atoms with Crippen molar-refractivity contribution in [1.29, 1.82) is 0 Å². The van der Waals surface area contributed by atoms with E-state index in [1.807, 2.05) is 0 Å². The number of hydrogen-bond donors (Lipinski definition) is 1. The standard InChI is InChI=1S/C17H23NO7S3/c1-8(2)15(21)24-7-25-16(22)12-17(26-10-4-5-28(23)6-10)27-14-11(9(3)19)13(20)18(12)14/h8-11,14,19H,4-7H2,1-3H3/t9-,10?,11+,14-,28?/m1/s1. The quantitative estimate of drug-likeness (QED) is 0.346. The van der Waals surface area contributed by atoms with Crippen molar-refractivity contribution in [2.45, 2.75) is 43.9 Å². The largest absolute Gasteiger partial charge is 0.428 e. The van der Waals surface area contributed by atoms with Crippen molar-refractivity contribution in [3.63, 3.8) is 0 Å². The third-order valence-electron chi connectivity index (χ3n) is 4.63. The summed E-state index contributed by atoms with van der Waals surface area (Å²) in [5.74, 6) is -1.32. The maximum absolute atomic E-state index is 12.6. The van der Waals surface area contributed by atoms with Crippen molar-refractivity contribution in [3.8, 4) is 0 Å². The molecule has 1 amide bonds. The summed E-state index contributed by atoms with van der Waals surface area (Å²) in [7, 11) is -0.860. The van der Waals surface area contributed by atoms with E-state index in [4.69, 9.17) is 9.47 Å². The zero-order valence-electron chi connectivity index (χ0n) is 15.8. The van der Waals surface area contributed by atoms with E-state index < -0.39 is 41.6 Å². The Labute approximate surface area is 174 Å². The smallest absolute Gasteiger partial charge is 0.359 e. The van der Waals surface area contributed by atoms with Crippen molar-refractivity contribution in [1.82, 2.24) is 4.90 Å². The molecule has 0 aromatic heterocycles. The molecule has 0 bridgehead atoms. The van der Waals surface area contributed by atoms with Crippen LogP contribution in [0.5, 0.6) is 0 Å². The summed E-state index contributed by atoms with van der Waals surface area (Å²) in [6, 6.07) is 0. The number of amides is 1. The van der Waals surface area contributed by atoms with Gasteiger partial charge in [0, 0.05) is 27.6 Å². The minimum Gasteiger partial charge on any atom is -0.428 e. The van der Waals surface area contributed by atoms with Crippen LogP contribution in [0.1, 0.15) is 27.2 Å². The molecule has 0 saturated carbocycles. The molecule has 8 nitrogen and oxygen atoms in total. The molecule has 156 valence electrons. The Hall–Kier alpha value is -1.04. The Balaban J connectivity index is 1.73. The van der Waals surface area contributed by atoms with Crippen LogP contribution in [0.15, 0.2) is 9.93 Å². The Bertz CT molecular complexity index is 736. The van der Waals surface area contributed by atoms with Crippen LogP contribution in [0.2, 0.25) is 0 Å². The second-order valence-corrected chi connectivity index (χ2v) is 11.4. The number of β-lactam (4-membered cyclic amide) rings is 1. The maximum Gasteiger partial charge on any atom is 0.359 e. The van der Waals surface area contributed by atoms with E-state index in [9.17, 15) is 23.7 Å². The van der Waals surface area contributed by atoms with Crippen LogP contribution in [-0.4, -0.2) is 67.1 Å². The number of carbonyl (C=O) groups is 3. The first-order valence-corrected chi connectivity index (χ1v) is 12.2. The molecule has 0 radical (unpaired) electrons. The van der Waals surface area contributed by atoms with Crippen LogP contribution in [0.3, 0.4) is 0 Å². The first-order chi connectivity index (χ1) is 13.2. The van der Waals surface area contributed by atoms with E-state index in [1.54, 1.807) is 20.8 Å². The van der Waals surface area contributed by atoms with Crippen molar-refractivity contribution >= 4 is 52.2 Å². The molecule has 2 unspecified atom stereocenters. The molecular weight excluding hydrogens is 426 g/mol. The van der Waals surface area contributed by atoms with Gasteiger partial charge in [0.1, 0.15) is 5.37 Å². The lowest BCUT2D eigenvalue weighted by atomic mass is 9.92. The molecule has 0 aromatic carbocycles. The number of thioether (sulfide) groups is 2. The molecule has 0 aliphatic carbocycles. The fourth-order valence-corrected chi connectivity index (χ4v) is 8.33. The molecule has 3 heterocycles. The van der Waals surface area contributed by atoms with Gasteiger partial charge in [-0.25, -0.2) is 4.79 Å². The third-order valence-corrected chi connectivity index (χ3v) is 9.18. The van der Waals surface area contributed by atoms with Crippen molar-refractivity contribution in [2.75, 3.05) is 18.3 Å². The van der Waals surface area contributed by atoms with Gasteiger partial charge in [-0.15, -0.1) is 11.8 Å². The van der Waals surface area contributed by atoms with Gasteiger partial charge in [-0.2, -0.15) is 0 Å². The number of hydrogen-bond acceptors (Lipinski definition) is 9. The second-order valence-electron chi connectivity index (χ2n) is 7.13. The summed E-state index contributed by atoms with van der Waals surface area (Å²) in [4.78, 5) is 38.0. The zero-order chi connectivity index (χ0) is 20.6. The van der Waals surface area contributed by atoms with Crippen LogP contribution in [0.25, 0.3) is 0 Å². The Morgan fingerprint density at radius 1 is 1.36 bits per heavy atom. The number of esters is 2. The molecule has 2 saturated heterocycles. The Morgan fingerprint density at radius 3 is 2.64 bits per heavy atom. The van der Waals surface area contributed by atoms with Gasteiger partial charge in [-0.05, 0) is 13.3 Å². The summed E-state index contributed by atoms with van der Waals surface area (Å²) >= 11 is 2.78. The lowest BCUT2D eigenvalue weighted by Gasteiger charge is -2.43. The molecule has 3 rings (SSSR count). The highest BCUT2D eigenvalue weighted by Crippen LogP contribution is 2.55. The van der Waals surface area contributed by atoms with Gasteiger partial charge < -0.3 is 14.6 Å². The summed E-state index contributed by atoms with van der Waals surface area (Å²) in [6.45, 7) is 4.36. The van der Waals surface area contributed by atoms with Gasteiger partial charge in [0.25, 0.3) is 0 Å². The molecular formula is C17H23NO7S3. The highest BCUT2D eigenvalue weighted by atomic mass is 32.2. The molecule has 3 aliphatic rings. The van der Waals surface area contributed by atoms with Gasteiger partial charge in [0.15, 0.2) is 5.70 Å². The fraction of sp³-hybridized carbons (Fsp3) is 0.706. The Morgan fingerprint density at radius 2 is 2.07 bits per heavy atom. The maximum atomic E-state index is 12.6. The predicted octanol–water partition coefficient (Wildman–Crippen LogP) is 1.02. The molecule has 3 aliphatic heterocycles. The highest BCUT2D eigenvalue weighted by molar-refractivity contribution is 8.23. The number of carbonyl (C=O) groups excluding carboxylic acids is 3. The molecule has 0 spiro atoms. The van der Waals surface area contributed by atoms with Crippen LogP contribution in [0, 0.1) is 11.8 Å². The highest BCUT2D eigenvalue weighted by Gasteiger charge is 2.58. The number of aliphatic hydroxyl groups is 1. The van der Waals surface area contributed by atoms with E-state index in [0.29, 0.717) is 15.7 Å². The number of nitrogens with zero attached hydrogens (tertiary/aromatic N) is 1. The topological polar surface area (TPSA) is 110 Å².